The summed E-state index contributed by atoms with van der Waals surface area (Å²) in [4.78, 5) is 33.4. The average Bonchev–Trinajstić information content (AvgIpc) is 3.17. The van der Waals surface area contributed by atoms with Crippen LogP contribution >= 0.6 is 0 Å². The molecule has 0 saturated carbocycles. The zero-order valence-corrected chi connectivity index (χ0v) is 17.5. The van der Waals surface area contributed by atoms with Crippen LogP contribution in [-0.4, -0.2) is 66.1 Å². The number of ether oxygens (including phenoxy) is 1. The number of hydrogen-bond donors (Lipinski definition) is 1. The number of nitrogens with one attached hydrogen (secondary N) is 1. The number of likely N-dealkylation sites (tertiary alicyclic amines) is 1. The molecule has 3 heterocycles. The predicted octanol–water partition coefficient (Wildman–Crippen LogP) is 3.18. The van der Waals surface area contributed by atoms with Crippen molar-refractivity contribution in [3.05, 3.63) is 47.2 Å². The summed E-state index contributed by atoms with van der Waals surface area (Å²) in [5, 5.41) is 2.95. The van der Waals surface area contributed by atoms with Crippen LogP contribution in [-0.2, 0) is 4.74 Å². The molecule has 4 rings (SSSR count). The lowest BCUT2D eigenvalue weighted by molar-refractivity contribution is 0.0298. The summed E-state index contributed by atoms with van der Waals surface area (Å²) in [7, 11) is 0. The van der Waals surface area contributed by atoms with Crippen LogP contribution in [0.2, 0.25) is 0 Å². The second kappa shape index (κ2) is 8.87. The normalized spacial score (nSPS) is 17.8. The molecule has 8 nitrogen and oxygen atoms in total. The van der Waals surface area contributed by atoms with Crippen LogP contribution in [0, 0.1) is 13.8 Å². The number of morpholine rings is 1. The van der Waals surface area contributed by atoms with Crippen LogP contribution in [0.25, 0.3) is 0 Å². The van der Waals surface area contributed by atoms with E-state index in [9.17, 15) is 9.59 Å². The highest BCUT2D eigenvalue weighted by Crippen LogP contribution is 2.29. The van der Waals surface area contributed by atoms with Crippen LogP contribution in [0.15, 0.2) is 28.7 Å². The predicted molar refractivity (Wildman–Crippen MR) is 112 cm³/mol. The molecule has 3 amide bonds. The molecule has 1 aromatic heterocycles. The van der Waals surface area contributed by atoms with Gasteiger partial charge < -0.3 is 24.3 Å². The van der Waals surface area contributed by atoms with Gasteiger partial charge in [-0.25, -0.2) is 9.78 Å². The maximum absolute atomic E-state index is 12.7. The van der Waals surface area contributed by atoms with Gasteiger partial charge in [0.05, 0.1) is 13.2 Å². The van der Waals surface area contributed by atoms with E-state index in [-0.39, 0.29) is 17.9 Å². The summed E-state index contributed by atoms with van der Waals surface area (Å²) in [5.74, 6) is 1.17. The molecule has 2 aromatic rings. The van der Waals surface area contributed by atoms with E-state index in [2.05, 4.69) is 10.3 Å². The van der Waals surface area contributed by atoms with E-state index in [4.69, 9.17) is 9.15 Å². The summed E-state index contributed by atoms with van der Waals surface area (Å²) in [6.45, 7) is 7.31. The van der Waals surface area contributed by atoms with Gasteiger partial charge in [-0.1, -0.05) is 17.7 Å². The van der Waals surface area contributed by atoms with Gasteiger partial charge in [-0.05, 0) is 38.8 Å². The Morgan fingerprint density at radius 1 is 1.00 bits per heavy atom. The molecule has 0 atom stereocenters. The van der Waals surface area contributed by atoms with Crippen LogP contribution in [0.4, 0.5) is 10.5 Å². The van der Waals surface area contributed by atoms with Crippen molar-refractivity contribution in [2.75, 3.05) is 44.7 Å². The lowest BCUT2D eigenvalue weighted by Gasteiger charge is -2.30. The van der Waals surface area contributed by atoms with Crippen molar-refractivity contribution in [1.82, 2.24) is 14.8 Å². The fourth-order valence-electron chi connectivity index (χ4n) is 3.88. The number of urea groups is 1. The van der Waals surface area contributed by atoms with Crippen LogP contribution < -0.4 is 5.32 Å². The van der Waals surface area contributed by atoms with Gasteiger partial charge in [0.25, 0.3) is 5.91 Å². The number of benzene rings is 1. The third kappa shape index (κ3) is 4.48. The van der Waals surface area contributed by atoms with E-state index >= 15 is 0 Å². The number of aryl methyl sites for hydroxylation is 2. The second-order valence-electron chi connectivity index (χ2n) is 7.92. The zero-order chi connectivity index (χ0) is 21.1. The highest BCUT2D eigenvalue weighted by molar-refractivity contribution is 5.93. The Bertz CT molecular complexity index is 894. The van der Waals surface area contributed by atoms with E-state index in [1.807, 2.05) is 36.1 Å². The van der Waals surface area contributed by atoms with E-state index in [0.717, 1.165) is 24.1 Å². The topological polar surface area (TPSA) is 87.9 Å². The number of carbonyl (C=O) groups is 2. The molecule has 1 N–H and O–H groups in total. The molecule has 0 aliphatic carbocycles. The SMILES string of the molecule is Cc1ccc(NC(=O)N2CCC(c3nc(C(=O)N4CCOCC4)c(C)o3)CC2)cc1. The Balaban J connectivity index is 1.34. The Hall–Kier alpha value is -2.87. The van der Waals surface area contributed by atoms with Gasteiger partial charge in [0.1, 0.15) is 5.76 Å². The first-order valence-electron chi connectivity index (χ1n) is 10.5. The summed E-state index contributed by atoms with van der Waals surface area (Å²) in [5.41, 5.74) is 2.34. The largest absolute Gasteiger partial charge is 0.445 e. The number of oxazole rings is 1. The molecule has 0 spiro atoms. The first kappa shape index (κ1) is 20.4. The molecular formula is C22H28N4O4. The van der Waals surface area contributed by atoms with Gasteiger partial charge in [-0.2, -0.15) is 0 Å². The number of piperidine rings is 1. The summed E-state index contributed by atoms with van der Waals surface area (Å²) >= 11 is 0. The summed E-state index contributed by atoms with van der Waals surface area (Å²) < 4.78 is 11.2. The molecule has 30 heavy (non-hydrogen) atoms. The third-order valence-electron chi connectivity index (χ3n) is 5.75. The van der Waals surface area contributed by atoms with E-state index in [1.54, 1.807) is 11.8 Å². The lowest BCUT2D eigenvalue weighted by atomic mass is 9.97. The molecule has 0 bridgehead atoms. The lowest BCUT2D eigenvalue weighted by Crippen LogP contribution is -2.41. The Kier molecular flexibility index (Phi) is 6.03. The minimum atomic E-state index is -0.0966. The molecule has 0 unspecified atom stereocenters. The highest BCUT2D eigenvalue weighted by atomic mass is 16.5. The smallest absolute Gasteiger partial charge is 0.321 e. The molecule has 0 radical (unpaired) electrons. The summed E-state index contributed by atoms with van der Waals surface area (Å²) in [6, 6.07) is 7.67. The average molecular weight is 412 g/mol. The Labute approximate surface area is 176 Å². The highest BCUT2D eigenvalue weighted by Gasteiger charge is 2.30. The van der Waals surface area contributed by atoms with Crippen LogP contribution in [0.5, 0.6) is 0 Å². The van der Waals surface area contributed by atoms with Gasteiger partial charge >= 0.3 is 6.03 Å². The number of hydrogen-bond acceptors (Lipinski definition) is 5. The standard InChI is InChI=1S/C22H28N4O4/c1-15-3-5-18(6-4-15)23-22(28)26-9-7-17(8-10-26)20-24-19(16(2)30-20)21(27)25-11-13-29-14-12-25/h3-6,17H,7-14H2,1-2H3,(H,23,28). The number of carbonyl (C=O) groups excluding carboxylic acids is 2. The Morgan fingerprint density at radius 2 is 1.67 bits per heavy atom. The zero-order valence-electron chi connectivity index (χ0n) is 17.5. The van der Waals surface area contributed by atoms with Crippen LogP contribution in [0.1, 0.15) is 46.5 Å². The van der Waals surface area contributed by atoms with Crippen molar-refractivity contribution >= 4 is 17.6 Å². The van der Waals surface area contributed by atoms with E-state index < -0.39 is 0 Å². The maximum atomic E-state index is 12.7. The van der Waals surface area contributed by atoms with Crippen molar-refractivity contribution in [2.45, 2.75) is 32.6 Å². The number of nitrogens with zero attached hydrogens (tertiary/aromatic N) is 3. The molecule has 2 fully saturated rings. The van der Waals surface area contributed by atoms with Crippen molar-refractivity contribution in [2.24, 2.45) is 0 Å². The minimum Gasteiger partial charge on any atom is -0.445 e. The van der Waals surface area contributed by atoms with Gasteiger partial charge in [0, 0.05) is 37.8 Å². The first-order chi connectivity index (χ1) is 14.5. The van der Waals surface area contributed by atoms with Gasteiger partial charge in [0.15, 0.2) is 11.6 Å². The molecule has 2 saturated heterocycles. The van der Waals surface area contributed by atoms with E-state index in [1.165, 1.54) is 0 Å². The van der Waals surface area contributed by atoms with Crippen molar-refractivity contribution in [3.63, 3.8) is 0 Å². The number of aromatic nitrogens is 1. The maximum Gasteiger partial charge on any atom is 0.321 e. The molecule has 2 aliphatic rings. The van der Waals surface area contributed by atoms with E-state index in [0.29, 0.717) is 56.7 Å². The van der Waals surface area contributed by atoms with Gasteiger partial charge in [0.2, 0.25) is 0 Å². The van der Waals surface area contributed by atoms with Gasteiger partial charge in [-0.15, -0.1) is 0 Å². The quantitative estimate of drug-likeness (QED) is 0.837. The second-order valence-corrected chi connectivity index (χ2v) is 7.92. The van der Waals surface area contributed by atoms with Crippen molar-refractivity contribution in [3.8, 4) is 0 Å². The molecule has 2 aliphatic heterocycles. The summed E-state index contributed by atoms with van der Waals surface area (Å²) in [6.07, 6.45) is 1.51. The fourth-order valence-corrected chi connectivity index (χ4v) is 3.88. The fraction of sp³-hybridized carbons (Fsp3) is 0.500. The monoisotopic (exact) mass is 412 g/mol. The number of rotatable bonds is 3. The molecule has 8 heteroatoms. The minimum absolute atomic E-state index is 0.0935. The molecule has 160 valence electrons. The number of anilines is 1. The van der Waals surface area contributed by atoms with Crippen molar-refractivity contribution < 1.29 is 18.7 Å². The molecular weight excluding hydrogens is 384 g/mol. The third-order valence-corrected chi connectivity index (χ3v) is 5.75. The first-order valence-corrected chi connectivity index (χ1v) is 10.5. The van der Waals surface area contributed by atoms with Gasteiger partial charge in [-0.3, -0.25) is 4.79 Å². The van der Waals surface area contributed by atoms with Crippen LogP contribution in [0.3, 0.4) is 0 Å². The molecule has 1 aromatic carbocycles. The van der Waals surface area contributed by atoms with Crippen molar-refractivity contribution in [1.29, 1.82) is 0 Å². The Morgan fingerprint density at radius 3 is 2.33 bits per heavy atom. The number of amides is 3.